The SMILES string of the molecule is CC(C)CCC(C)NCCN(C)C(C)c1ccc(Cl)cc1. The molecule has 0 amide bonds. The summed E-state index contributed by atoms with van der Waals surface area (Å²) in [7, 11) is 2.18. The van der Waals surface area contributed by atoms with Gasteiger partial charge in [0, 0.05) is 30.2 Å². The van der Waals surface area contributed by atoms with E-state index in [2.05, 4.69) is 57.1 Å². The van der Waals surface area contributed by atoms with E-state index in [0.717, 1.165) is 24.0 Å². The maximum absolute atomic E-state index is 5.94. The molecular weight excluding hydrogens is 280 g/mol. The van der Waals surface area contributed by atoms with Crippen LogP contribution in [-0.4, -0.2) is 31.1 Å². The third-order valence-electron chi connectivity index (χ3n) is 4.15. The average Bonchev–Trinajstić information content (AvgIpc) is 2.45. The Hall–Kier alpha value is -0.570. The van der Waals surface area contributed by atoms with Crippen molar-refractivity contribution in [3.63, 3.8) is 0 Å². The molecule has 2 unspecified atom stereocenters. The molecule has 2 atom stereocenters. The highest BCUT2D eigenvalue weighted by molar-refractivity contribution is 6.30. The Morgan fingerprint density at radius 2 is 1.67 bits per heavy atom. The molecule has 0 saturated carbocycles. The number of nitrogens with one attached hydrogen (secondary N) is 1. The molecular formula is C18H31ClN2. The Morgan fingerprint density at radius 1 is 1.05 bits per heavy atom. The van der Waals surface area contributed by atoms with Gasteiger partial charge in [0.15, 0.2) is 0 Å². The van der Waals surface area contributed by atoms with Gasteiger partial charge in [0.25, 0.3) is 0 Å². The van der Waals surface area contributed by atoms with Crippen LogP contribution in [0.15, 0.2) is 24.3 Å². The second-order valence-corrected chi connectivity index (χ2v) is 6.97. The number of benzene rings is 1. The summed E-state index contributed by atoms with van der Waals surface area (Å²) >= 11 is 5.94. The van der Waals surface area contributed by atoms with Crippen molar-refractivity contribution >= 4 is 11.6 Å². The van der Waals surface area contributed by atoms with Crippen molar-refractivity contribution < 1.29 is 0 Å². The molecule has 2 nitrogen and oxygen atoms in total. The van der Waals surface area contributed by atoms with Gasteiger partial charge in [0.05, 0.1) is 0 Å². The van der Waals surface area contributed by atoms with Crippen LogP contribution in [-0.2, 0) is 0 Å². The first-order valence-corrected chi connectivity index (χ1v) is 8.47. The lowest BCUT2D eigenvalue weighted by molar-refractivity contribution is 0.256. The molecule has 1 N–H and O–H groups in total. The molecule has 0 heterocycles. The fourth-order valence-electron chi connectivity index (χ4n) is 2.36. The zero-order valence-corrected chi connectivity index (χ0v) is 15.0. The van der Waals surface area contributed by atoms with Crippen molar-refractivity contribution in [2.45, 2.75) is 52.6 Å². The summed E-state index contributed by atoms with van der Waals surface area (Å²) in [5.41, 5.74) is 1.31. The third kappa shape index (κ3) is 7.30. The van der Waals surface area contributed by atoms with Gasteiger partial charge in [-0.05, 0) is 57.4 Å². The summed E-state index contributed by atoms with van der Waals surface area (Å²) in [5.74, 6) is 0.793. The van der Waals surface area contributed by atoms with E-state index in [-0.39, 0.29) is 0 Å². The predicted molar refractivity (Wildman–Crippen MR) is 94.0 cm³/mol. The molecule has 1 aromatic rings. The van der Waals surface area contributed by atoms with Crippen LogP contribution in [0.2, 0.25) is 5.02 Å². The standard InChI is InChI=1S/C18H31ClN2/c1-14(2)6-7-15(3)20-12-13-21(5)16(4)17-8-10-18(19)11-9-17/h8-11,14-16,20H,6-7,12-13H2,1-5H3. The maximum atomic E-state index is 5.94. The largest absolute Gasteiger partial charge is 0.313 e. The molecule has 120 valence electrons. The fourth-order valence-corrected chi connectivity index (χ4v) is 2.49. The van der Waals surface area contributed by atoms with Crippen molar-refractivity contribution in [1.29, 1.82) is 0 Å². The molecule has 0 bridgehead atoms. The monoisotopic (exact) mass is 310 g/mol. The van der Waals surface area contributed by atoms with Crippen LogP contribution in [0, 0.1) is 5.92 Å². The van der Waals surface area contributed by atoms with Gasteiger partial charge in [-0.1, -0.05) is 37.6 Å². The van der Waals surface area contributed by atoms with E-state index < -0.39 is 0 Å². The van der Waals surface area contributed by atoms with Gasteiger partial charge in [-0.2, -0.15) is 0 Å². The minimum absolute atomic E-state index is 0.412. The Morgan fingerprint density at radius 3 is 2.24 bits per heavy atom. The summed E-state index contributed by atoms with van der Waals surface area (Å²) < 4.78 is 0. The van der Waals surface area contributed by atoms with Crippen molar-refractivity contribution in [3.05, 3.63) is 34.9 Å². The smallest absolute Gasteiger partial charge is 0.0406 e. The first-order chi connectivity index (χ1) is 9.90. The van der Waals surface area contributed by atoms with E-state index in [1.165, 1.54) is 18.4 Å². The molecule has 0 saturated heterocycles. The minimum atomic E-state index is 0.412. The number of halogens is 1. The highest BCUT2D eigenvalue weighted by Gasteiger charge is 2.11. The molecule has 0 radical (unpaired) electrons. The predicted octanol–water partition coefficient (Wildman–Crippen LogP) is 4.75. The van der Waals surface area contributed by atoms with E-state index in [1.54, 1.807) is 0 Å². The van der Waals surface area contributed by atoms with Crippen molar-refractivity contribution in [2.24, 2.45) is 5.92 Å². The van der Waals surface area contributed by atoms with Gasteiger partial charge in [-0.25, -0.2) is 0 Å². The van der Waals surface area contributed by atoms with Crippen molar-refractivity contribution in [2.75, 3.05) is 20.1 Å². The van der Waals surface area contributed by atoms with Gasteiger partial charge in [-0.15, -0.1) is 0 Å². The lowest BCUT2D eigenvalue weighted by Crippen LogP contribution is -2.35. The highest BCUT2D eigenvalue weighted by Crippen LogP contribution is 2.20. The Bertz CT molecular complexity index is 389. The van der Waals surface area contributed by atoms with E-state index in [4.69, 9.17) is 11.6 Å². The molecule has 0 aliphatic heterocycles. The van der Waals surface area contributed by atoms with Gasteiger partial charge < -0.3 is 5.32 Å². The fraction of sp³-hybridized carbons (Fsp3) is 0.667. The zero-order valence-electron chi connectivity index (χ0n) is 14.2. The normalized spacial score (nSPS) is 14.7. The van der Waals surface area contributed by atoms with Gasteiger partial charge >= 0.3 is 0 Å². The number of likely N-dealkylation sites (N-methyl/N-ethyl adjacent to an activating group) is 1. The summed E-state index contributed by atoms with van der Waals surface area (Å²) in [5, 5.41) is 4.42. The minimum Gasteiger partial charge on any atom is -0.313 e. The van der Waals surface area contributed by atoms with Crippen LogP contribution in [0.4, 0.5) is 0 Å². The topological polar surface area (TPSA) is 15.3 Å². The molecule has 0 aliphatic rings. The van der Waals surface area contributed by atoms with Crippen LogP contribution < -0.4 is 5.32 Å². The first-order valence-electron chi connectivity index (χ1n) is 8.09. The molecule has 0 spiro atoms. The summed E-state index contributed by atoms with van der Waals surface area (Å²) in [4.78, 5) is 2.38. The molecule has 1 rings (SSSR count). The Labute approximate surface area is 135 Å². The summed E-state index contributed by atoms with van der Waals surface area (Å²) in [6.07, 6.45) is 2.55. The van der Waals surface area contributed by atoms with Gasteiger partial charge in [-0.3, -0.25) is 4.90 Å². The average molecular weight is 311 g/mol. The van der Waals surface area contributed by atoms with E-state index in [1.807, 2.05) is 12.1 Å². The lowest BCUT2D eigenvalue weighted by Gasteiger charge is -2.26. The first kappa shape index (κ1) is 18.5. The molecule has 3 heteroatoms. The molecule has 0 aromatic heterocycles. The molecule has 1 aromatic carbocycles. The van der Waals surface area contributed by atoms with Gasteiger partial charge in [0.2, 0.25) is 0 Å². The number of hydrogen-bond acceptors (Lipinski definition) is 2. The van der Waals surface area contributed by atoms with Crippen molar-refractivity contribution in [1.82, 2.24) is 10.2 Å². The summed E-state index contributed by atoms with van der Waals surface area (Å²) in [6, 6.07) is 9.17. The van der Waals surface area contributed by atoms with E-state index in [0.29, 0.717) is 12.1 Å². The molecule has 21 heavy (non-hydrogen) atoms. The highest BCUT2D eigenvalue weighted by atomic mass is 35.5. The maximum Gasteiger partial charge on any atom is 0.0406 e. The third-order valence-corrected chi connectivity index (χ3v) is 4.40. The number of hydrogen-bond donors (Lipinski definition) is 1. The van der Waals surface area contributed by atoms with Crippen LogP contribution in [0.3, 0.4) is 0 Å². The Kier molecular flexibility index (Phi) is 8.31. The van der Waals surface area contributed by atoms with Gasteiger partial charge in [0.1, 0.15) is 0 Å². The van der Waals surface area contributed by atoms with Crippen molar-refractivity contribution in [3.8, 4) is 0 Å². The number of nitrogens with zero attached hydrogens (tertiary/aromatic N) is 1. The molecule has 0 aliphatic carbocycles. The lowest BCUT2D eigenvalue weighted by atomic mass is 10.0. The second-order valence-electron chi connectivity index (χ2n) is 6.53. The van der Waals surface area contributed by atoms with E-state index in [9.17, 15) is 0 Å². The van der Waals surface area contributed by atoms with Crippen LogP contribution in [0.5, 0.6) is 0 Å². The van der Waals surface area contributed by atoms with Crippen LogP contribution in [0.1, 0.15) is 52.1 Å². The number of rotatable bonds is 9. The van der Waals surface area contributed by atoms with Crippen LogP contribution in [0.25, 0.3) is 0 Å². The molecule has 0 fully saturated rings. The second kappa shape index (κ2) is 9.45. The quantitative estimate of drug-likeness (QED) is 0.708. The zero-order chi connectivity index (χ0) is 15.8. The Balaban J connectivity index is 2.29. The van der Waals surface area contributed by atoms with E-state index >= 15 is 0 Å². The van der Waals surface area contributed by atoms with Crippen LogP contribution >= 0.6 is 11.6 Å². The summed E-state index contributed by atoms with van der Waals surface area (Å²) in [6.45, 7) is 11.2.